The van der Waals surface area contributed by atoms with Gasteiger partial charge in [-0.3, -0.25) is 9.59 Å². The van der Waals surface area contributed by atoms with Gasteiger partial charge in [-0.2, -0.15) is 0 Å². The average Bonchev–Trinajstić information content (AvgIpc) is 2.35. The van der Waals surface area contributed by atoms with E-state index >= 15 is 0 Å². The van der Waals surface area contributed by atoms with Gasteiger partial charge in [-0.25, -0.2) is 0 Å². The quantitative estimate of drug-likeness (QED) is 0.810. The lowest BCUT2D eigenvalue weighted by molar-refractivity contribution is -0.137. The predicted octanol–water partition coefficient (Wildman–Crippen LogP) is 2.26. The Labute approximate surface area is 122 Å². The zero-order valence-electron chi connectivity index (χ0n) is 11.5. The molecule has 1 aromatic carbocycles. The van der Waals surface area contributed by atoms with Gasteiger partial charge in [-0.05, 0) is 30.5 Å². The van der Waals surface area contributed by atoms with Crippen LogP contribution in [0.25, 0.3) is 0 Å². The maximum atomic E-state index is 11.2. The molecular weight excluding hydrogens is 282 g/mol. The number of hydrogen-bond acceptors (Lipinski definition) is 3. The first-order chi connectivity index (χ1) is 9.42. The number of amides is 1. The molecular formula is C14H18ClNO4. The molecule has 1 unspecified atom stereocenters. The second-order valence-corrected chi connectivity index (χ2v) is 4.91. The Kier molecular flexibility index (Phi) is 6.31. The van der Waals surface area contributed by atoms with Crippen molar-refractivity contribution in [2.45, 2.75) is 32.2 Å². The third-order valence-electron chi connectivity index (χ3n) is 2.81. The first-order valence-electron chi connectivity index (χ1n) is 6.23. The Morgan fingerprint density at radius 1 is 1.45 bits per heavy atom. The fraction of sp³-hybridized carbons (Fsp3) is 0.429. The molecule has 0 aliphatic heterocycles. The SMILES string of the molecule is COc1ccc(CC(CCC(=O)O)NC(C)=O)cc1Cl. The van der Waals surface area contributed by atoms with Gasteiger partial charge in [-0.15, -0.1) is 0 Å². The first-order valence-corrected chi connectivity index (χ1v) is 6.61. The van der Waals surface area contributed by atoms with Crippen molar-refractivity contribution in [3.63, 3.8) is 0 Å². The summed E-state index contributed by atoms with van der Waals surface area (Å²) in [6.07, 6.45) is 0.907. The number of hydrogen-bond donors (Lipinski definition) is 2. The summed E-state index contributed by atoms with van der Waals surface area (Å²) in [5, 5.41) is 12.0. The van der Waals surface area contributed by atoms with Crippen molar-refractivity contribution >= 4 is 23.5 Å². The van der Waals surface area contributed by atoms with Crippen molar-refractivity contribution < 1.29 is 19.4 Å². The molecule has 2 N–H and O–H groups in total. The van der Waals surface area contributed by atoms with Crippen LogP contribution in [0.3, 0.4) is 0 Å². The minimum atomic E-state index is -0.881. The van der Waals surface area contributed by atoms with E-state index in [4.69, 9.17) is 21.4 Å². The van der Waals surface area contributed by atoms with Crippen molar-refractivity contribution in [2.24, 2.45) is 0 Å². The van der Waals surface area contributed by atoms with Gasteiger partial charge in [-0.1, -0.05) is 17.7 Å². The number of methoxy groups -OCH3 is 1. The fourth-order valence-corrected chi connectivity index (χ4v) is 2.21. The molecule has 6 heteroatoms. The van der Waals surface area contributed by atoms with Crippen molar-refractivity contribution in [1.29, 1.82) is 0 Å². The fourth-order valence-electron chi connectivity index (χ4n) is 1.93. The highest BCUT2D eigenvalue weighted by Gasteiger charge is 2.14. The number of carboxylic acids is 1. The average molecular weight is 300 g/mol. The number of ether oxygens (including phenoxy) is 1. The largest absolute Gasteiger partial charge is 0.495 e. The molecule has 1 atom stereocenters. The molecule has 0 fully saturated rings. The van der Waals surface area contributed by atoms with E-state index in [0.29, 0.717) is 23.6 Å². The van der Waals surface area contributed by atoms with Gasteiger partial charge in [0.2, 0.25) is 5.91 Å². The van der Waals surface area contributed by atoms with E-state index in [1.165, 1.54) is 14.0 Å². The lowest BCUT2D eigenvalue weighted by Gasteiger charge is -2.17. The van der Waals surface area contributed by atoms with E-state index in [1.54, 1.807) is 12.1 Å². The number of rotatable bonds is 7. The van der Waals surface area contributed by atoms with Crippen molar-refractivity contribution in [3.8, 4) is 5.75 Å². The summed E-state index contributed by atoms with van der Waals surface area (Å²) in [5.41, 5.74) is 0.917. The molecule has 1 aromatic rings. The minimum absolute atomic E-state index is 0.00876. The van der Waals surface area contributed by atoms with Gasteiger partial charge in [0.25, 0.3) is 0 Å². The monoisotopic (exact) mass is 299 g/mol. The minimum Gasteiger partial charge on any atom is -0.495 e. The molecule has 0 aromatic heterocycles. The Balaban J connectivity index is 2.74. The van der Waals surface area contributed by atoms with Crippen LogP contribution >= 0.6 is 11.6 Å². The normalized spacial score (nSPS) is 11.8. The van der Waals surface area contributed by atoms with Crippen LogP contribution in [0.2, 0.25) is 5.02 Å². The van der Waals surface area contributed by atoms with Crippen molar-refractivity contribution in [2.75, 3.05) is 7.11 Å². The lowest BCUT2D eigenvalue weighted by Crippen LogP contribution is -2.35. The van der Waals surface area contributed by atoms with E-state index in [1.807, 2.05) is 6.07 Å². The molecule has 0 saturated carbocycles. The standard InChI is InChI=1S/C14H18ClNO4/c1-9(17)16-11(4-6-14(18)19)7-10-3-5-13(20-2)12(15)8-10/h3,5,8,11H,4,6-7H2,1-2H3,(H,16,17)(H,18,19). The van der Waals surface area contributed by atoms with Crippen LogP contribution < -0.4 is 10.1 Å². The molecule has 0 radical (unpaired) electrons. The van der Waals surface area contributed by atoms with E-state index < -0.39 is 5.97 Å². The Hall–Kier alpha value is -1.75. The summed E-state index contributed by atoms with van der Waals surface area (Å²) < 4.78 is 5.07. The highest BCUT2D eigenvalue weighted by Crippen LogP contribution is 2.25. The van der Waals surface area contributed by atoms with Crippen LogP contribution in [0.4, 0.5) is 0 Å². The summed E-state index contributed by atoms with van der Waals surface area (Å²) in [6, 6.07) is 5.13. The van der Waals surface area contributed by atoms with Gasteiger partial charge in [0.1, 0.15) is 5.75 Å². The summed E-state index contributed by atoms with van der Waals surface area (Å²) in [7, 11) is 1.54. The zero-order valence-corrected chi connectivity index (χ0v) is 12.2. The number of benzene rings is 1. The summed E-state index contributed by atoms with van der Waals surface area (Å²) >= 11 is 6.04. The number of nitrogens with one attached hydrogen (secondary N) is 1. The topological polar surface area (TPSA) is 75.6 Å². The number of carbonyl (C=O) groups excluding carboxylic acids is 1. The number of carboxylic acid groups (broad SMARTS) is 1. The van der Waals surface area contributed by atoms with E-state index in [-0.39, 0.29) is 18.4 Å². The molecule has 110 valence electrons. The first kappa shape index (κ1) is 16.3. The molecule has 1 amide bonds. The number of aliphatic carboxylic acids is 1. The second kappa shape index (κ2) is 7.75. The van der Waals surface area contributed by atoms with Gasteiger partial charge in [0, 0.05) is 19.4 Å². The van der Waals surface area contributed by atoms with Gasteiger partial charge < -0.3 is 15.2 Å². The summed E-state index contributed by atoms with van der Waals surface area (Å²) in [6.45, 7) is 1.41. The molecule has 0 spiro atoms. The molecule has 0 aliphatic rings. The molecule has 5 nitrogen and oxygen atoms in total. The second-order valence-electron chi connectivity index (χ2n) is 4.50. The van der Waals surface area contributed by atoms with Crippen LogP contribution in [0.1, 0.15) is 25.3 Å². The van der Waals surface area contributed by atoms with Crippen molar-refractivity contribution in [3.05, 3.63) is 28.8 Å². The van der Waals surface area contributed by atoms with E-state index in [9.17, 15) is 9.59 Å². The van der Waals surface area contributed by atoms with Crippen LogP contribution in [0.5, 0.6) is 5.75 Å². The van der Waals surface area contributed by atoms with Crippen LogP contribution in [0.15, 0.2) is 18.2 Å². The highest BCUT2D eigenvalue weighted by atomic mass is 35.5. The Bertz CT molecular complexity index is 490. The molecule has 0 saturated heterocycles. The van der Waals surface area contributed by atoms with E-state index in [2.05, 4.69) is 5.32 Å². The third-order valence-corrected chi connectivity index (χ3v) is 3.11. The lowest BCUT2D eigenvalue weighted by atomic mass is 10.0. The van der Waals surface area contributed by atoms with Crippen molar-refractivity contribution in [1.82, 2.24) is 5.32 Å². The molecule has 0 bridgehead atoms. The third kappa shape index (κ3) is 5.48. The molecule has 1 rings (SSSR count). The van der Waals surface area contributed by atoms with Crippen LogP contribution in [-0.2, 0) is 16.0 Å². The number of carbonyl (C=O) groups is 2. The maximum Gasteiger partial charge on any atom is 0.303 e. The van der Waals surface area contributed by atoms with Gasteiger partial charge in [0.15, 0.2) is 0 Å². The van der Waals surface area contributed by atoms with Crippen LogP contribution in [0, 0.1) is 0 Å². The highest BCUT2D eigenvalue weighted by molar-refractivity contribution is 6.32. The maximum absolute atomic E-state index is 11.2. The summed E-state index contributed by atoms with van der Waals surface area (Å²) in [5.74, 6) is -0.481. The van der Waals surface area contributed by atoms with Crippen LogP contribution in [-0.4, -0.2) is 30.1 Å². The Morgan fingerprint density at radius 3 is 2.65 bits per heavy atom. The van der Waals surface area contributed by atoms with Gasteiger partial charge in [0.05, 0.1) is 12.1 Å². The Morgan fingerprint density at radius 2 is 2.15 bits per heavy atom. The smallest absolute Gasteiger partial charge is 0.303 e. The van der Waals surface area contributed by atoms with Gasteiger partial charge >= 0.3 is 5.97 Å². The zero-order chi connectivity index (χ0) is 15.1. The number of halogens is 1. The predicted molar refractivity (Wildman–Crippen MR) is 76.2 cm³/mol. The van der Waals surface area contributed by atoms with E-state index in [0.717, 1.165) is 5.56 Å². The summed E-state index contributed by atoms with van der Waals surface area (Å²) in [4.78, 5) is 21.8. The molecule has 0 aliphatic carbocycles. The molecule has 20 heavy (non-hydrogen) atoms. The molecule has 0 heterocycles.